The smallest absolute Gasteiger partial charge is 0.0183 e. The van der Waals surface area contributed by atoms with Gasteiger partial charge < -0.3 is 0 Å². The summed E-state index contributed by atoms with van der Waals surface area (Å²) in [6.07, 6.45) is 0. The van der Waals surface area contributed by atoms with Crippen molar-refractivity contribution >= 4 is 11.1 Å². The third-order valence-corrected chi connectivity index (χ3v) is 4.22. The van der Waals surface area contributed by atoms with E-state index in [0.717, 1.165) is 22.3 Å². The van der Waals surface area contributed by atoms with Crippen LogP contribution in [0.1, 0.15) is 61.8 Å². The highest BCUT2D eigenvalue weighted by Gasteiger charge is 2.08. The Kier molecular flexibility index (Phi) is 5.03. The molecule has 0 aliphatic carbocycles. The van der Waals surface area contributed by atoms with Gasteiger partial charge in [0.1, 0.15) is 0 Å². The van der Waals surface area contributed by atoms with Crippen molar-refractivity contribution in [3.63, 3.8) is 0 Å². The van der Waals surface area contributed by atoms with Gasteiger partial charge in [-0.15, -0.1) is 0 Å². The molecule has 0 heterocycles. The lowest BCUT2D eigenvalue weighted by Gasteiger charge is -2.13. The second-order valence-electron chi connectivity index (χ2n) is 6.51. The summed E-state index contributed by atoms with van der Waals surface area (Å²) < 4.78 is 0. The van der Waals surface area contributed by atoms with E-state index >= 15 is 0 Å². The zero-order valence-electron chi connectivity index (χ0n) is 14.2. The maximum absolute atomic E-state index is 4.23. The molecule has 0 aliphatic rings. The van der Waals surface area contributed by atoms with Gasteiger partial charge in [-0.3, -0.25) is 0 Å². The normalized spacial score (nSPS) is 11.0. The van der Waals surface area contributed by atoms with E-state index in [1.165, 1.54) is 11.1 Å². The molecule has 0 radical (unpaired) electrons. The van der Waals surface area contributed by atoms with Gasteiger partial charge in [-0.25, -0.2) is 0 Å². The second-order valence-corrected chi connectivity index (χ2v) is 6.51. The Morgan fingerprint density at radius 2 is 0.864 bits per heavy atom. The van der Waals surface area contributed by atoms with Crippen LogP contribution < -0.4 is 0 Å². The summed E-state index contributed by atoms with van der Waals surface area (Å²) in [6.45, 7) is 17.3. The molecule has 0 saturated heterocycles. The zero-order chi connectivity index (χ0) is 16.3. The maximum Gasteiger partial charge on any atom is -0.0183 e. The van der Waals surface area contributed by atoms with Crippen molar-refractivity contribution in [2.75, 3.05) is 0 Å². The fourth-order valence-electron chi connectivity index (χ4n) is 2.49. The van der Waals surface area contributed by atoms with Crippen molar-refractivity contribution in [1.82, 2.24) is 0 Å². The number of benzene rings is 2. The van der Waals surface area contributed by atoms with Crippen LogP contribution in [-0.4, -0.2) is 0 Å². The molecule has 0 bridgehead atoms. The monoisotopic (exact) mass is 290 g/mol. The Morgan fingerprint density at radius 3 is 1.09 bits per heavy atom. The largest absolute Gasteiger partial charge is 0.0906 e. The summed E-state index contributed by atoms with van der Waals surface area (Å²) in [5.41, 5.74) is 6.97. The minimum absolute atomic E-state index is 0.550. The molecule has 114 valence electrons. The highest BCUT2D eigenvalue weighted by molar-refractivity contribution is 6.02. The molecule has 0 fully saturated rings. The topological polar surface area (TPSA) is 0 Å². The van der Waals surface area contributed by atoms with E-state index < -0.39 is 0 Å². The molecule has 0 atom stereocenters. The van der Waals surface area contributed by atoms with Crippen LogP contribution >= 0.6 is 0 Å². The molecule has 0 spiro atoms. The molecule has 2 aromatic carbocycles. The van der Waals surface area contributed by atoms with Gasteiger partial charge in [0.15, 0.2) is 0 Å². The summed E-state index contributed by atoms with van der Waals surface area (Å²) in [5.74, 6) is 1.10. The van der Waals surface area contributed by atoms with Crippen molar-refractivity contribution in [1.29, 1.82) is 0 Å². The van der Waals surface area contributed by atoms with E-state index in [9.17, 15) is 0 Å². The Balaban J connectivity index is 2.19. The highest BCUT2D eigenvalue weighted by Crippen LogP contribution is 2.30. The molecular weight excluding hydrogens is 264 g/mol. The highest BCUT2D eigenvalue weighted by atomic mass is 14.1. The van der Waals surface area contributed by atoms with Gasteiger partial charge in [0.2, 0.25) is 0 Å². The van der Waals surface area contributed by atoms with Crippen molar-refractivity contribution < 1.29 is 0 Å². The summed E-state index contributed by atoms with van der Waals surface area (Å²) in [6, 6.07) is 17.3. The molecule has 0 unspecified atom stereocenters. The number of hydrogen-bond acceptors (Lipinski definition) is 0. The predicted octanol–water partition coefficient (Wildman–Crippen LogP) is 6.66. The van der Waals surface area contributed by atoms with Gasteiger partial charge in [0.25, 0.3) is 0 Å². The zero-order valence-corrected chi connectivity index (χ0v) is 14.2. The first kappa shape index (κ1) is 16.3. The van der Waals surface area contributed by atoms with Crippen LogP contribution in [-0.2, 0) is 0 Å². The molecule has 0 nitrogen and oxygen atoms in total. The number of hydrogen-bond donors (Lipinski definition) is 0. The van der Waals surface area contributed by atoms with Crippen LogP contribution in [0.4, 0.5) is 0 Å². The van der Waals surface area contributed by atoms with Gasteiger partial charge in [0, 0.05) is 0 Å². The first-order valence-corrected chi connectivity index (χ1v) is 7.99. The number of allylic oxidation sites excluding steroid dienone is 2. The standard InChI is InChI=1S/C22H26/c1-15(2)19-7-11-21(12-8-19)17(5)18(6)22-13-9-20(10-14-22)16(3)4/h7-16H,5-6H2,1-4H3. The molecule has 0 N–H and O–H groups in total. The molecule has 0 aliphatic heterocycles. The van der Waals surface area contributed by atoms with Gasteiger partial charge in [-0.2, -0.15) is 0 Å². The molecule has 0 heteroatoms. The molecule has 0 aromatic heterocycles. The van der Waals surface area contributed by atoms with Crippen LogP contribution in [0.2, 0.25) is 0 Å². The molecule has 0 saturated carbocycles. The van der Waals surface area contributed by atoms with E-state index in [0.29, 0.717) is 11.8 Å². The summed E-state index contributed by atoms with van der Waals surface area (Å²) in [5, 5.41) is 0. The van der Waals surface area contributed by atoms with Crippen molar-refractivity contribution in [3.8, 4) is 0 Å². The quantitative estimate of drug-likeness (QED) is 0.540. The van der Waals surface area contributed by atoms with E-state index in [1.54, 1.807) is 0 Å². The molecule has 22 heavy (non-hydrogen) atoms. The third kappa shape index (κ3) is 3.57. The lowest BCUT2D eigenvalue weighted by atomic mass is 9.92. The SMILES string of the molecule is C=C(C(=C)c1ccc(C(C)C)cc1)c1ccc(C(C)C)cc1. The van der Waals surface area contributed by atoms with Crippen molar-refractivity contribution in [2.45, 2.75) is 39.5 Å². The molecular formula is C22H26. The minimum Gasteiger partial charge on any atom is -0.0906 e. The van der Waals surface area contributed by atoms with E-state index in [1.807, 2.05) is 0 Å². The van der Waals surface area contributed by atoms with E-state index in [2.05, 4.69) is 89.4 Å². The summed E-state index contributed by atoms with van der Waals surface area (Å²) in [4.78, 5) is 0. The van der Waals surface area contributed by atoms with Crippen molar-refractivity contribution in [3.05, 3.63) is 83.9 Å². The Morgan fingerprint density at radius 1 is 0.591 bits per heavy atom. The average molecular weight is 290 g/mol. The predicted molar refractivity (Wildman–Crippen MR) is 99.1 cm³/mol. The Bertz CT molecular complexity index is 591. The van der Waals surface area contributed by atoms with Crippen LogP contribution in [0, 0.1) is 0 Å². The minimum atomic E-state index is 0.550. The van der Waals surface area contributed by atoms with Gasteiger partial charge >= 0.3 is 0 Å². The first-order chi connectivity index (χ1) is 10.4. The fraction of sp³-hybridized carbons (Fsp3) is 0.273. The lowest BCUT2D eigenvalue weighted by Crippen LogP contribution is -1.92. The van der Waals surface area contributed by atoms with Gasteiger partial charge in [0.05, 0.1) is 0 Å². The Labute approximate surface area is 135 Å². The average Bonchev–Trinajstić information content (AvgIpc) is 2.53. The lowest BCUT2D eigenvalue weighted by molar-refractivity contribution is 0.866. The summed E-state index contributed by atoms with van der Waals surface area (Å²) in [7, 11) is 0. The Hall–Kier alpha value is -2.08. The molecule has 0 amide bonds. The van der Waals surface area contributed by atoms with E-state index in [-0.39, 0.29) is 0 Å². The third-order valence-electron chi connectivity index (χ3n) is 4.22. The second kappa shape index (κ2) is 6.79. The van der Waals surface area contributed by atoms with Crippen molar-refractivity contribution in [2.24, 2.45) is 0 Å². The molecule has 2 rings (SSSR count). The van der Waals surface area contributed by atoms with Crippen LogP contribution in [0.5, 0.6) is 0 Å². The molecule has 2 aromatic rings. The summed E-state index contributed by atoms with van der Waals surface area (Å²) >= 11 is 0. The van der Waals surface area contributed by atoms with Gasteiger partial charge in [-0.1, -0.05) is 89.4 Å². The fourth-order valence-corrected chi connectivity index (χ4v) is 2.49. The maximum atomic E-state index is 4.23. The van der Waals surface area contributed by atoms with Gasteiger partial charge in [-0.05, 0) is 45.2 Å². The van der Waals surface area contributed by atoms with Crippen LogP contribution in [0.15, 0.2) is 61.7 Å². The van der Waals surface area contributed by atoms with Crippen LogP contribution in [0.25, 0.3) is 11.1 Å². The van der Waals surface area contributed by atoms with Crippen LogP contribution in [0.3, 0.4) is 0 Å². The first-order valence-electron chi connectivity index (χ1n) is 7.99. The number of rotatable bonds is 5. The van der Waals surface area contributed by atoms with E-state index in [4.69, 9.17) is 0 Å².